The molecule has 3 nitrogen and oxygen atoms in total. The van der Waals surface area contributed by atoms with E-state index in [4.69, 9.17) is 11.0 Å². The monoisotopic (exact) mass is 257 g/mol. The number of nitrogens with two attached hydrogens (primary N) is 1. The molecule has 0 aliphatic heterocycles. The van der Waals surface area contributed by atoms with Crippen LogP contribution in [0.15, 0.2) is 42.6 Å². The molecule has 0 aliphatic carbocycles. The Hall–Kier alpha value is -2.12. The fraction of sp³-hybridized carbons (Fsp3) is 0.267. The number of benzene rings is 1. The molecule has 2 rings (SSSR count). The van der Waals surface area contributed by atoms with Gasteiger partial charge in [0.25, 0.3) is 0 Å². The van der Waals surface area contributed by atoms with E-state index >= 15 is 0 Å². The lowest BCUT2D eigenvalue weighted by Gasteiger charge is -2.26. The SMILES string of the molecule is CCC(N)C(c1ccc(F)cc1)n1cccc1C#N. The van der Waals surface area contributed by atoms with E-state index in [0.29, 0.717) is 5.69 Å². The second-order valence-corrected chi connectivity index (χ2v) is 4.48. The number of rotatable bonds is 4. The molecule has 0 saturated heterocycles. The van der Waals surface area contributed by atoms with Crippen molar-refractivity contribution in [2.45, 2.75) is 25.4 Å². The van der Waals surface area contributed by atoms with Crippen LogP contribution >= 0.6 is 0 Å². The molecule has 4 heteroatoms. The van der Waals surface area contributed by atoms with Gasteiger partial charge in [0.2, 0.25) is 0 Å². The number of halogens is 1. The second-order valence-electron chi connectivity index (χ2n) is 4.48. The third-order valence-corrected chi connectivity index (χ3v) is 3.28. The Bertz CT molecular complexity index is 580. The van der Waals surface area contributed by atoms with Crippen molar-refractivity contribution in [2.24, 2.45) is 5.73 Å². The van der Waals surface area contributed by atoms with E-state index in [0.717, 1.165) is 12.0 Å². The Morgan fingerprint density at radius 2 is 2.00 bits per heavy atom. The average Bonchev–Trinajstić information content (AvgIpc) is 2.89. The van der Waals surface area contributed by atoms with Gasteiger partial charge in [0.15, 0.2) is 0 Å². The van der Waals surface area contributed by atoms with Crippen LogP contribution in [0.2, 0.25) is 0 Å². The highest BCUT2D eigenvalue weighted by atomic mass is 19.1. The fourth-order valence-corrected chi connectivity index (χ4v) is 2.23. The molecule has 0 bridgehead atoms. The normalized spacial score (nSPS) is 13.8. The minimum Gasteiger partial charge on any atom is -0.330 e. The standard InChI is InChI=1S/C15H16FN3/c1-2-14(18)15(11-5-7-12(16)8-6-11)19-9-3-4-13(19)10-17/h3-9,14-15H,2,18H2,1H3. The van der Waals surface area contributed by atoms with E-state index in [-0.39, 0.29) is 17.9 Å². The van der Waals surface area contributed by atoms with Gasteiger partial charge in [-0.05, 0) is 36.2 Å². The molecule has 2 unspecified atom stereocenters. The first-order chi connectivity index (χ1) is 9.17. The van der Waals surface area contributed by atoms with Gasteiger partial charge in [0.1, 0.15) is 17.6 Å². The van der Waals surface area contributed by atoms with E-state index in [9.17, 15) is 4.39 Å². The van der Waals surface area contributed by atoms with Crippen molar-refractivity contribution >= 4 is 0 Å². The zero-order valence-corrected chi connectivity index (χ0v) is 10.8. The zero-order chi connectivity index (χ0) is 13.8. The number of hydrogen-bond donors (Lipinski definition) is 1. The van der Waals surface area contributed by atoms with Gasteiger partial charge in [-0.3, -0.25) is 0 Å². The maximum absolute atomic E-state index is 13.0. The van der Waals surface area contributed by atoms with Crippen LogP contribution in [0, 0.1) is 17.1 Å². The maximum Gasteiger partial charge on any atom is 0.123 e. The molecule has 0 saturated carbocycles. The summed E-state index contributed by atoms with van der Waals surface area (Å²) < 4.78 is 14.9. The molecule has 0 amide bonds. The van der Waals surface area contributed by atoms with Crippen LogP contribution < -0.4 is 5.73 Å². The zero-order valence-electron chi connectivity index (χ0n) is 10.8. The van der Waals surface area contributed by atoms with Gasteiger partial charge < -0.3 is 10.3 Å². The Morgan fingerprint density at radius 1 is 1.32 bits per heavy atom. The van der Waals surface area contributed by atoms with Crippen LogP contribution in [0.4, 0.5) is 4.39 Å². The highest BCUT2D eigenvalue weighted by Gasteiger charge is 2.22. The molecule has 2 N–H and O–H groups in total. The highest BCUT2D eigenvalue weighted by Crippen LogP contribution is 2.25. The van der Waals surface area contributed by atoms with Crippen LogP contribution in [-0.4, -0.2) is 10.6 Å². The van der Waals surface area contributed by atoms with E-state index in [1.54, 1.807) is 18.2 Å². The Kier molecular flexibility index (Phi) is 3.98. The lowest BCUT2D eigenvalue weighted by molar-refractivity contribution is 0.456. The molecule has 98 valence electrons. The Labute approximate surface area is 112 Å². The molecule has 0 spiro atoms. The van der Waals surface area contributed by atoms with Gasteiger partial charge in [-0.15, -0.1) is 0 Å². The number of hydrogen-bond acceptors (Lipinski definition) is 2. The van der Waals surface area contributed by atoms with Crippen molar-refractivity contribution in [2.75, 3.05) is 0 Å². The largest absolute Gasteiger partial charge is 0.330 e. The third kappa shape index (κ3) is 2.67. The van der Waals surface area contributed by atoms with Crippen LogP contribution in [0.1, 0.15) is 30.6 Å². The number of aromatic nitrogens is 1. The van der Waals surface area contributed by atoms with Crippen LogP contribution in [-0.2, 0) is 0 Å². The summed E-state index contributed by atoms with van der Waals surface area (Å²) in [5, 5.41) is 9.13. The van der Waals surface area contributed by atoms with Gasteiger partial charge in [0.05, 0.1) is 6.04 Å². The predicted molar refractivity (Wildman–Crippen MR) is 72.0 cm³/mol. The Balaban J connectivity index is 2.48. The van der Waals surface area contributed by atoms with Crippen molar-refractivity contribution in [1.29, 1.82) is 5.26 Å². The van der Waals surface area contributed by atoms with Crippen molar-refractivity contribution in [3.05, 3.63) is 59.7 Å². The first-order valence-electron chi connectivity index (χ1n) is 6.25. The molecule has 2 atom stereocenters. The van der Waals surface area contributed by atoms with E-state index in [1.807, 2.05) is 23.8 Å². The molecule has 0 aliphatic rings. The maximum atomic E-state index is 13.0. The van der Waals surface area contributed by atoms with Gasteiger partial charge in [-0.2, -0.15) is 5.26 Å². The highest BCUT2D eigenvalue weighted by molar-refractivity contribution is 5.29. The lowest BCUT2D eigenvalue weighted by Crippen LogP contribution is -2.32. The van der Waals surface area contributed by atoms with Gasteiger partial charge >= 0.3 is 0 Å². The van der Waals surface area contributed by atoms with Crippen molar-refractivity contribution < 1.29 is 4.39 Å². The molecule has 2 aromatic rings. The predicted octanol–water partition coefficient (Wildman–Crippen LogP) is 2.83. The molecule has 1 aromatic heterocycles. The number of nitrogens with zero attached hydrogens (tertiary/aromatic N) is 2. The molecule has 0 fully saturated rings. The summed E-state index contributed by atoms with van der Waals surface area (Å²) >= 11 is 0. The van der Waals surface area contributed by atoms with Crippen molar-refractivity contribution in [3.63, 3.8) is 0 Å². The summed E-state index contributed by atoms with van der Waals surface area (Å²) in [6, 6.07) is 11.7. The number of nitriles is 1. The molecule has 1 heterocycles. The second kappa shape index (κ2) is 5.68. The van der Waals surface area contributed by atoms with Gasteiger partial charge in [-0.25, -0.2) is 4.39 Å². The van der Waals surface area contributed by atoms with Crippen LogP contribution in [0.25, 0.3) is 0 Å². The van der Waals surface area contributed by atoms with E-state index in [1.165, 1.54) is 12.1 Å². The van der Waals surface area contributed by atoms with Gasteiger partial charge in [-0.1, -0.05) is 19.1 Å². The molecular weight excluding hydrogens is 241 g/mol. The van der Waals surface area contributed by atoms with Crippen molar-refractivity contribution in [3.8, 4) is 6.07 Å². The summed E-state index contributed by atoms with van der Waals surface area (Å²) in [6.45, 7) is 2.00. The topological polar surface area (TPSA) is 54.7 Å². The average molecular weight is 257 g/mol. The quantitative estimate of drug-likeness (QED) is 0.915. The third-order valence-electron chi connectivity index (χ3n) is 3.28. The molecule has 19 heavy (non-hydrogen) atoms. The summed E-state index contributed by atoms with van der Waals surface area (Å²) in [7, 11) is 0. The first kappa shape index (κ1) is 13.3. The van der Waals surface area contributed by atoms with E-state index < -0.39 is 0 Å². The summed E-state index contributed by atoms with van der Waals surface area (Å²) in [4.78, 5) is 0. The first-order valence-corrected chi connectivity index (χ1v) is 6.25. The lowest BCUT2D eigenvalue weighted by atomic mass is 9.97. The summed E-state index contributed by atoms with van der Waals surface area (Å²) in [6.07, 6.45) is 2.60. The smallest absolute Gasteiger partial charge is 0.123 e. The molecular formula is C15H16FN3. The minimum absolute atomic E-state index is 0.134. The summed E-state index contributed by atoms with van der Waals surface area (Å²) in [5.74, 6) is -0.277. The van der Waals surface area contributed by atoms with Crippen LogP contribution in [0.5, 0.6) is 0 Å². The Morgan fingerprint density at radius 3 is 2.58 bits per heavy atom. The molecule has 0 radical (unpaired) electrons. The van der Waals surface area contributed by atoms with Crippen molar-refractivity contribution in [1.82, 2.24) is 4.57 Å². The van der Waals surface area contributed by atoms with E-state index in [2.05, 4.69) is 6.07 Å². The van der Waals surface area contributed by atoms with Crippen LogP contribution in [0.3, 0.4) is 0 Å². The fourth-order valence-electron chi connectivity index (χ4n) is 2.23. The van der Waals surface area contributed by atoms with Gasteiger partial charge in [0, 0.05) is 12.2 Å². The summed E-state index contributed by atoms with van der Waals surface area (Å²) in [5.41, 5.74) is 7.64. The minimum atomic E-state index is -0.277. The molecule has 1 aromatic carbocycles.